The van der Waals surface area contributed by atoms with Crippen LogP contribution in [-0.4, -0.2) is 17.0 Å². The van der Waals surface area contributed by atoms with E-state index in [0.717, 1.165) is 22.4 Å². The van der Waals surface area contributed by atoms with Crippen LogP contribution in [0, 0.1) is 0 Å². The molecule has 0 fully saturated rings. The molecule has 25 heavy (non-hydrogen) atoms. The van der Waals surface area contributed by atoms with Crippen LogP contribution in [0.4, 0.5) is 0 Å². The summed E-state index contributed by atoms with van der Waals surface area (Å²) in [7, 11) is 0. The van der Waals surface area contributed by atoms with Gasteiger partial charge in [0.15, 0.2) is 6.79 Å². The number of fused-ring (bicyclic) bond motifs is 1. The first-order valence-corrected chi connectivity index (χ1v) is 9.15. The predicted octanol–water partition coefficient (Wildman–Crippen LogP) is 4.47. The molecule has 3 aromatic rings. The van der Waals surface area contributed by atoms with E-state index in [-0.39, 0.29) is 6.79 Å². The van der Waals surface area contributed by atoms with Crippen molar-refractivity contribution in [1.29, 1.82) is 0 Å². The Morgan fingerprint density at radius 3 is 2.88 bits per heavy atom. The minimum Gasteiger partial charge on any atom is -0.467 e. The maximum absolute atomic E-state index is 6.19. The van der Waals surface area contributed by atoms with Crippen LogP contribution in [0.2, 0.25) is 5.02 Å². The number of benzene rings is 2. The second-order valence-corrected chi connectivity index (χ2v) is 6.94. The highest BCUT2D eigenvalue weighted by molar-refractivity contribution is 7.98. The van der Waals surface area contributed by atoms with Crippen molar-refractivity contribution >= 4 is 23.4 Å². The van der Waals surface area contributed by atoms with Gasteiger partial charge in [0.25, 0.3) is 5.22 Å². The Kier molecular flexibility index (Phi) is 4.92. The van der Waals surface area contributed by atoms with Crippen LogP contribution in [0.3, 0.4) is 0 Å². The fraction of sp³-hybridized carbons (Fsp3) is 0.222. The Labute approximate surface area is 154 Å². The van der Waals surface area contributed by atoms with Gasteiger partial charge in [0.2, 0.25) is 5.89 Å². The molecule has 1 aliphatic heterocycles. The molecule has 2 aromatic carbocycles. The number of thioether (sulfide) groups is 1. The van der Waals surface area contributed by atoms with Crippen molar-refractivity contribution < 1.29 is 13.9 Å². The van der Waals surface area contributed by atoms with Gasteiger partial charge >= 0.3 is 0 Å². The molecule has 0 atom stereocenters. The molecule has 4 rings (SSSR count). The number of ether oxygens (including phenoxy) is 2. The molecule has 0 saturated heterocycles. The Morgan fingerprint density at radius 2 is 2.00 bits per heavy atom. The molecule has 0 N–H and O–H groups in total. The van der Waals surface area contributed by atoms with Crippen molar-refractivity contribution in [2.75, 3.05) is 6.79 Å². The standard InChI is InChI=1S/C18H15ClN2O3S/c19-15-7-13-9-22-11-23-17(13)14(8-15)10-25-18-21-20-16(24-18)6-12-4-2-1-3-5-12/h1-5,7-8H,6,9-11H2. The van der Waals surface area contributed by atoms with Crippen LogP contribution < -0.4 is 4.74 Å². The van der Waals surface area contributed by atoms with E-state index >= 15 is 0 Å². The lowest BCUT2D eigenvalue weighted by Gasteiger charge is -2.20. The summed E-state index contributed by atoms with van der Waals surface area (Å²) in [6.07, 6.45) is 0.626. The van der Waals surface area contributed by atoms with Gasteiger partial charge in [0.05, 0.1) is 13.0 Å². The van der Waals surface area contributed by atoms with E-state index in [2.05, 4.69) is 10.2 Å². The molecule has 0 unspecified atom stereocenters. The summed E-state index contributed by atoms with van der Waals surface area (Å²) >= 11 is 7.65. The molecule has 7 heteroatoms. The predicted molar refractivity (Wildman–Crippen MR) is 94.8 cm³/mol. The fourth-order valence-electron chi connectivity index (χ4n) is 2.64. The normalized spacial score (nSPS) is 13.3. The first-order valence-electron chi connectivity index (χ1n) is 7.79. The lowest BCUT2D eigenvalue weighted by molar-refractivity contribution is -0.0168. The number of nitrogens with zero attached hydrogens (tertiary/aromatic N) is 2. The average Bonchev–Trinajstić information content (AvgIpc) is 3.08. The summed E-state index contributed by atoms with van der Waals surface area (Å²) in [5, 5.41) is 9.42. The summed E-state index contributed by atoms with van der Waals surface area (Å²) in [6, 6.07) is 13.8. The molecular weight excluding hydrogens is 360 g/mol. The van der Waals surface area contributed by atoms with Gasteiger partial charge in [-0.1, -0.05) is 53.7 Å². The number of halogens is 1. The van der Waals surface area contributed by atoms with E-state index in [1.807, 2.05) is 42.5 Å². The summed E-state index contributed by atoms with van der Waals surface area (Å²) in [4.78, 5) is 0. The second kappa shape index (κ2) is 7.47. The van der Waals surface area contributed by atoms with Gasteiger partial charge in [0, 0.05) is 21.9 Å². The van der Waals surface area contributed by atoms with Gasteiger partial charge in [-0.15, -0.1) is 10.2 Å². The molecule has 0 aliphatic carbocycles. The lowest BCUT2D eigenvalue weighted by atomic mass is 10.1. The van der Waals surface area contributed by atoms with Gasteiger partial charge in [0.1, 0.15) is 5.75 Å². The maximum atomic E-state index is 6.19. The van der Waals surface area contributed by atoms with Crippen LogP contribution in [-0.2, 0) is 23.5 Å². The fourth-order valence-corrected chi connectivity index (χ4v) is 3.65. The van der Waals surface area contributed by atoms with Gasteiger partial charge < -0.3 is 13.9 Å². The molecule has 1 aromatic heterocycles. The zero-order valence-electron chi connectivity index (χ0n) is 13.3. The first-order chi connectivity index (χ1) is 12.3. The van der Waals surface area contributed by atoms with Crippen molar-refractivity contribution in [3.8, 4) is 5.75 Å². The van der Waals surface area contributed by atoms with Crippen LogP contribution in [0.25, 0.3) is 0 Å². The van der Waals surface area contributed by atoms with E-state index < -0.39 is 0 Å². The quantitative estimate of drug-likeness (QED) is 0.614. The number of rotatable bonds is 5. The smallest absolute Gasteiger partial charge is 0.276 e. The van der Waals surface area contributed by atoms with Crippen molar-refractivity contribution in [3.05, 3.63) is 70.1 Å². The van der Waals surface area contributed by atoms with E-state index in [9.17, 15) is 0 Å². The molecule has 5 nitrogen and oxygen atoms in total. The minimum atomic E-state index is 0.258. The number of hydrogen-bond donors (Lipinski definition) is 0. The largest absolute Gasteiger partial charge is 0.467 e. The summed E-state index contributed by atoms with van der Waals surface area (Å²) in [6.45, 7) is 0.767. The zero-order valence-corrected chi connectivity index (χ0v) is 14.8. The lowest BCUT2D eigenvalue weighted by Crippen LogP contribution is -2.12. The third kappa shape index (κ3) is 3.98. The molecule has 0 spiro atoms. The van der Waals surface area contributed by atoms with E-state index in [1.165, 1.54) is 11.8 Å². The van der Waals surface area contributed by atoms with Gasteiger partial charge in [-0.2, -0.15) is 0 Å². The molecule has 1 aliphatic rings. The topological polar surface area (TPSA) is 57.4 Å². The highest BCUT2D eigenvalue weighted by atomic mass is 35.5. The van der Waals surface area contributed by atoms with Gasteiger partial charge in [-0.3, -0.25) is 0 Å². The van der Waals surface area contributed by atoms with Crippen molar-refractivity contribution in [1.82, 2.24) is 10.2 Å². The van der Waals surface area contributed by atoms with Crippen LogP contribution >= 0.6 is 23.4 Å². The first kappa shape index (κ1) is 16.4. The number of hydrogen-bond acceptors (Lipinski definition) is 6. The monoisotopic (exact) mass is 374 g/mol. The molecule has 2 heterocycles. The third-order valence-corrected chi connectivity index (χ3v) is 4.83. The average molecular weight is 375 g/mol. The van der Waals surface area contributed by atoms with Crippen molar-refractivity contribution in [2.45, 2.75) is 24.0 Å². The molecule has 0 amide bonds. The molecule has 0 saturated carbocycles. The molecule has 0 radical (unpaired) electrons. The van der Waals surface area contributed by atoms with Crippen molar-refractivity contribution in [2.24, 2.45) is 0 Å². The van der Waals surface area contributed by atoms with Gasteiger partial charge in [-0.25, -0.2) is 0 Å². The maximum Gasteiger partial charge on any atom is 0.276 e. The van der Waals surface area contributed by atoms with E-state index in [0.29, 0.717) is 34.9 Å². The zero-order chi connectivity index (χ0) is 17.1. The Morgan fingerprint density at radius 1 is 1.12 bits per heavy atom. The Bertz CT molecular complexity index is 870. The summed E-state index contributed by atoms with van der Waals surface area (Å²) in [5.74, 6) is 2.08. The Balaban J connectivity index is 1.45. The molecule has 0 bridgehead atoms. The van der Waals surface area contributed by atoms with Gasteiger partial charge in [-0.05, 0) is 17.7 Å². The van der Waals surface area contributed by atoms with Crippen LogP contribution in [0.5, 0.6) is 5.75 Å². The van der Waals surface area contributed by atoms with E-state index in [4.69, 9.17) is 25.5 Å². The highest BCUT2D eigenvalue weighted by Gasteiger charge is 2.17. The second-order valence-electron chi connectivity index (χ2n) is 5.58. The summed E-state index contributed by atoms with van der Waals surface area (Å²) in [5.41, 5.74) is 3.10. The Hall–Kier alpha value is -2.02. The van der Waals surface area contributed by atoms with Crippen LogP contribution in [0.15, 0.2) is 52.1 Å². The number of aromatic nitrogens is 2. The van der Waals surface area contributed by atoms with Crippen molar-refractivity contribution in [3.63, 3.8) is 0 Å². The highest BCUT2D eigenvalue weighted by Crippen LogP contribution is 2.35. The van der Waals surface area contributed by atoms with Crippen LogP contribution in [0.1, 0.15) is 22.6 Å². The molecule has 128 valence electrons. The van der Waals surface area contributed by atoms with E-state index in [1.54, 1.807) is 0 Å². The summed E-state index contributed by atoms with van der Waals surface area (Å²) < 4.78 is 16.6. The minimum absolute atomic E-state index is 0.258. The third-order valence-electron chi connectivity index (χ3n) is 3.75. The SMILES string of the molecule is Clc1cc2c(c(CSc3nnc(Cc4ccccc4)o3)c1)OCOC2. The molecular formula is C18H15ClN2O3S.